The fourth-order valence-electron chi connectivity index (χ4n) is 4.27. The molecule has 0 fully saturated rings. The number of amides is 3. The highest BCUT2D eigenvalue weighted by molar-refractivity contribution is 6.36. The minimum Gasteiger partial charge on any atom is -0.467 e. The van der Waals surface area contributed by atoms with Crippen LogP contribution in [0.25, 0.3) is 5.57 Å². The molecular formula is C25H21N3O4. The number of imide groups is 1. The minimum atomic E-state index is -0.363. The third kappa shape index (κ3) is 3.37. The molecule has 0 bridgehead atoms. The number of fused-ring (bicyclic) bond motifs is 1. The molecule has 5 rings (SSSR count). The lowest BCUT2D eigenvalue weighted by Crippen LogP contribution is -2.34. The summed E-state index contributed by atoms with van der Waals surface area (Å²) in [4.78, 5) is 41.5. The van der Waals surface area contributed by atoms with E-state index in [0.29, 0.717) is 34.8 Å². The lowest BCUT2D eigenvalue weighted by Gasteiger charge is -2.21. The summed E-state index contributed by atoms with van der Waals surface area (Å²) in [6, 6.07) is 18.4. The van der Waals surface area contributed by atoms with Gasteiger partial charge in [-0.3, -0.25) is 19.3 Å². The van der Waals surface area contributed by atoms with Crippen LogP contribution in [0.2, 0.25) is 0 Å². The van der Waals surface area contributed by atoms with E-state index >= 15 is 0 Å². The zero-order valence-electron chi connectivity index (χ0n) is 17.5. The molecule has 0 spiro atoms. The topological polar surface area (TPSA) is 82.9 Å². The molecule has 0 saturated carbocycles. The lowest BCUT2D eigenvalue weighted by atomic mass is 10.0. The molecule has 7 nitrogen and oxygen atoms in total. The quantitative estimate of drug-likeness (QED) is 0.630. The van der Waals surface area contributed by atoms with Crippen LogP contribution >= 0.6 is 0 Å². The van der Waals surface area contributed by atoms with E-state index in [1.807, 2.05) is 29.2 Å². The highest BCUT2D eigenvalue weighted by Gasteiger charge is 2.43. The van der Waals surface area contributed by atoms with Gasteiger partial charge in [0.1, 0.15) is 11.5 Å². The number of benzene rings is 2. The van der Waals surface area contributed by atoms with Crippen molar-refractivity contribution < 1.29 is 18.8 Å². The minimum absolute atomic E-state index is 0.0666. The van der Waals surface area contributed by atoms with E-state index in [1.54, 1.807) is 36.4 Å². The average Bonchev–Trinajstić information content (AvgIpc) is 3.49. The van der Waals surface area contributed by atoms with E-state index in [1.165, 1.54) is 18.1 Å². The second kappa shape index (κ2) is 7.85. The van der Waals surface area contributed by atoms with Crippen LogP contribution < -0.4 is 10.2 Å². The van der Waals surface area contributed by atoms with Crippen molar-refractivity contribution in [3.05, 3.63) is 89.5 Å². The number of nitrogens with zero attached hydrogens (tertiary/aromatic N) is 2. The van der Waals surface area contributed by atoms with Gasteiger partial charge in [-0.15, -0.1) is 0 Å². The Morgan fingerprint density at radius 2 is 1.78 bits per heavy atom. The molecule has 0 radical (unpaired) electrons. The maximum Gasteiger partial charge on any atom is 0.278 e. The maximum atomic E-state index is 13.5. The van der Waals surface area contributed by atoms with Gasteiger partial charge < -0.3 is 14.6 Å². The molecule has 3 aromatic rings. The van der Waals surface area contributed by atoms with Crippen molar-refractivity contribution in [1.29, 1.82) is 0 Å². The number of para-hydroxylation sites is 1. The van der Waals surface area contributed by atoms with Crippen LogP contribution in [0.4, 0.5) is 11.4 Å². The normalized spacial score (nSPS) is 15.5. The van der Waals surface area contributed by atoms with Crippen molar-refractivity contribution in [3.8, 4) is 0 Å². The Morgan fingerprint density at radius 3 is 2.50 bits per heavy atom. The van der Waals surface area contributed by atoms with Crippen molar-refractivity contribution in [2.75, 3.05) is 16.8 Å². The van der Waals surface area contributed by atoms with Gasteiger partial charge >= 0.3 is 0 Å². The molecule has 0 aliphatic carbocycles. The van der Waals surface area contributed by atoms with E-state index < -0.39 is 0 Å². The molecule has 3 amide bonds. The molecule has 160 valence electrons. The van der Waals surface area contributed by atoms with Gasteiger partial charge in [-0.05, 0) is 47.9 Å². The third-order valence-electron chi connectivity index (χ3n) is 5.69. The third-order valence-corrected chi connectivity index (χ3v) is 5.69. The number of furan rings is 1. The van der Waals surface area contributed by atoms with Crippen molar-refractivity contribution >= 4 is 34.7 Å². The molecular weight excluding hydrogens is 406 g/mol. The van der Waals surface area contributed by atoms with Crippen molar-refractivity contribution in [1.82, 2.24) is 4.90 Å². The molecule has 0 saturated heterocycles. The summed E-state index contributed by atoms with van der Waals surface area (Å²) in [5, 5.41) is 2.72. The van der Waals surface area contributed by atoms with Gasteiger partial charge in [0, 0.05) is 24.8 Å². The van der Waals surface area contributed by atoms with Crippen molar-refractivity contribution in [3.63, 3.8) is 0 Å². The summed E-state index contributed by atoms with van der Waals surface area (Å²) in [6.45, 7) is 2.12. The van der Waals surface area contributed by atoms with Crippen molar-refractivity contribution in [2.24, 2.45) is 0 Å². The fraction of sp³-hybridized carbons (Fsp3) is 0.160. The first-order valence-corrected chi connectivity index (χ1v) is 10.4. The monoisotopic (exact) mass is 427 g/mol. The fourth-order valence-corrected chi connectivity index (χ4v) is 4.27. The number of carbonyl (C=O) groups excluding carboxylic acids is 3. The molecule has 3 heterocycles. The summed E-state index contributed by atoms with van der Waals surface area (Å²) in [5.41, 5.74) is 4.06. The second-order valence-electron chi connectivity index (χ2n) is 7.79. The Hall–Kier alpha value is -4.13. The zero-order valence-corrected chi connectivity index (χ0v) is 17.5. The van der Waals surface area contributed by atoms with E-state index in [0.717, 1.165) is 17.7 Å². The Bertz CT molecular complexity index is 1240. The Morgan fingerprint density at radius 1 is 1.00 bits per heavy atom. The highest BCUT2D eigenvalue weighted by atomic mass is 16.3. The Kier molecular flexibility index (Phi) is 4.86. The van der Waals surface area contributed by atoms with Crippen LogP contribution in [-0.2, 0) is 27.3 Å². The zero-order chi connectivity index (χ0) is 22.2. The van der Waals surface area contributed by atoms with Gasteiger partial charge in [-0.1, -0.05) is 30.3 Å². The predicted octanol–water partition coefficient (Wildman–Crippen LogP) is 3.58. The molecule has 7 heteroatoms. The summed E-state index contributed by atoms with van der Waals surface area (Å²) >= 11 is 0. The van der Waals surface area contributed by atoms with E-state index in [9.17, 15) is 14.4 Å². The summed E-state index contributed by atoms with van der Waals surface area (Å²) in [5.74, 6) is -0.347. The van der Waals surface area contributed by atoms with Crippen LogP contribution in [0, 0.1) is 0 Å². The standard InChI is InChI=1S/C25H21N3O4/c1-16(29)26-19-10-8-18(9-11-19)22-23(27-13-12-17-5-2-3-7-21(17)27)25(31)28(24(22)30)15-20-6-4-14-32-20/h2-11,14H,12-13,15H2,1H3,(H,26,29). The van der Waals surface area contributed by atoms with E-state index in [-0.39, 0.29) is 24.3 Å². The van der Waals surface area contributed by atoms with Crippen LogP contribution in [-0.4, -0.2) is 29.2 Å². The number of nitrogens with one attached hydrogen (secondary N) is 1. The summed E-state index contributed by atoms with van der Waals surface area (Å²) in [7, 11) is 0. The highest BCUT2D eigenvalue weighted by Crippen LogP contribution is 2.39. The van der Waals surface area contributed by atoms with Gasteiger partial charge in [0.25, 0.3) is 11.8 Å². The van der Waals surface area contributed by atoms with E-state index in [2.05, 4.69) is 5.32 Å². The first-order chi connectivity index (χ1) is 15.5. The van der Waals surface area contributed by atoms with Crippen LogP contribution in [0.15, 0.2) is 77.0 Å². The molecule has 0 unspecified atom stereocenters. The molecule has 1 aromatic heterocycles. The Labute approximate surface area is 184 Å². The number of rotatable bonds is 5. The van der Waals surface area contributed by atoms with Gasteiger partial charge in [0.2, 0.25) is 5.91 Å². The Balaban J connectivity index is 1.59. The van der Waals surface area contributed by atoms with Gasteiger partial charge in [-0.25, -0.2) is 0 Å². The van der Waals surface area contributed by atoms with Gasteiger partial charge in [0.15, 0.2) is 0 Å². The summed E-state index contributed by atoms with van der Waals surface area (Å²) in [6.07, 6.45) is 2.32. The molecule has 2 aliphatic rings. The first-order valence-electron chi connectivity index (χ1n) is 10.4. The molecule has 2 aromatic carbocycles. The molecule has 1 N–H and O–H groups in total. The first kappa shape index (κ1) is 19.8. The van der Waals surface area contributed by atoms with Crippen LogP contribution in [0.1, 0.15) is 23.8 Å². The van der Waals surface area contributed by atoms with Crippen molar-refractivity contribution in [2.45, 2.75) is 19.9 Å². The number of hydrogen-bond acceptors (Lipinski definition) is 5. The lowest BCUT2D eigenvalue weighted by molar-refractivity contribution is -0.137. The number of carbonyl (C=O) groups is 3. The number of anilines is 2. The molecule has 0 atom stereocenters. The van der Waals surface area contributed by atoms with E-state index in [4.69, 9.17) is 4.42 Å². The smallest absolute Gasteiger partial charge is 0.278 e. The van der Waals surface area contributed by atoms with Crippen LogP contribution in [0.3, 0.4) is 0 Å². The number of hydrogen-bond donors (Lipinski definition) is 1. The largest absolute Gasteiger partial charge is 0.467 e. The van der Waals surface area contributed by atoms with Gasteiger partial charge in [-0.2, -0.15) is 0 Å². The van der Waals surface area contributed by atoms with Crippen LogP contribution in [0.5, 0.6) is 0 Å². The predicted molar refractivity (Wildman–Crippen MR) is 119 cm³/mol. The molecule has 32 heavy (non-hydrogen) atoms. The summed E-state index contributed by atoms with van der Waals surface area (Å²) < 4.78 is 5.38. The second-order valence-corrected chi connectivity index (χ2v) is 7.79. The average molecular weight is 427 g/mol. The maximum absolute atomic E-state index is 13.5. The molecule has 2 aliphatic heterocycles. The van der Waals surface area contributed by atoms with Gasteiger partial charge in [0.05, 0.1) is 18.4 Å². The SMILES string of the molecule is CC(=O)Nc1ccc(C2=C(N3CCc4ccccc43)C(=O)N(Cc3ccco3)C2=O)cc1.